The number of rotatable bonds is 3. The molecule has 1 unspecified atom stereocenters. The Balaban J connectivity index is 2.25. The summed E-state index contributed by atoms with van der Waals surface area (Å²) in [6.45, 7) is 6.40. The van der Waals surface area contributed by atoms with Gasteiger partial charge in [0, 0.05) is 10.5 Å². The molecule has 19 heavy (non-hydrogen) atoms. The van der Waals surface area contributed by atoms with Crippen LogP contribution in [-0.2, 0) is 0 Å². The van der Waals surface area contributed by atoms with E-state index in [2.05, 4.69) is 60.2 Å². The molecule has 0 saturated carbocycles. The maximum atomic E-state index is 6.21. The van der Waals surface area contributed by atoms with Crippen molar-refractivity contribution in [1.29, 1.82) is 0 Å². The zero-order valence-electron chi connectivity index (χ0n) is 11.3. The van der Waals surface area contributed by atoms with Crippen LogP contribution in [0.3, 0.4) is 0 Å². The van der Waals surface area contributed by atoms with Crippen LogP contribution in [0.25, 0.3) is 0 Å². The van der Waals surface area contributed by atoms with Gasteiger partial charge in [0.2, 0.25) is 0 Å². The molecule has 0 aliphatic rings. The molecular formula is C16H17BrClN. The molecule has 0 aromatic heterocycles. The van der Waals surface area contributed by atoms with Gasteiger partial charge in [-0.05, 0) is 50.1 Å². The third-order valence-electron chi connectivity index (χ3n) is 3.19. The summed E-state index contributed by atoms with van der Waals surface area (Å²) in [6, 6.07) is 12.6. The summed E-state index contributed by atoms with van der Waals surface area (Å²) in [5, 5.41) is 4.20. The molecule has 0 aliphatic heterocycles. The zero-order chi connectivity index (χ0) is 14.0. The molecule has 0 bridgehead atoms. The predicted molar refractivity (Wildman–Crippen MR) is 87.1 cm³/mol. The standard InChI is InChI=1S/C16H17BrClN/c1-10-4-6-14(11(2)8-10)12(3)19-16-9-13(17)5-7-15(16)18/h4-9,12,19H,1-3H3. The second-order valence-corrected chi connectivity index (χ2v) is 6.17. The molecule has 1 N–H and O–H groups in total. The highest BCUT2D eigenvalue weighted by Gasteiger charge is 2.10. The predicted octanol–water partition coefficient (Wildman–Crippen LogP) is 5.89. The van der Waals surface area contributed by atoms with E-state index in [-0.39, 0.29) is 6.04 Å². The SMILES string of the molecule is Cc1ccc(C(C)Nc2cc(Br)ccc2Cl)c(C)c1. The quantitative estimate of drug-likeness (QED) is 0.735. The van der Waals surface area contributed by atoms with E-state index in [4.69, 9.17) is 11.6 Å². The van der Waals surface area contributed by atoms with Crippen molar-refractivity contribution in [3.63, 3.8) is 0 Å². The smallest absolute Gasteiger partial charge is 0.0638 e. The molecule has 0 saturated heterocycles. The van der Waals surface area contributed by atoms with Crippen molar-refractivity contribution in [1.82, 2.24) is 0 Å². The van der Waals surface area contributed by atoms with Crippen LogP contribution in [0.4, 0.5) is 5.69 Å². The first-order chi connectivity index (χ1) is 8.97. The number of anilines is 1. The Morgan fingerprint density at radius 1 is 1.11 bits per heavy atom. The van der Waals surface area contributed by atoms with Crippen LogP contribution >= 0.6 is 27.5 Å². The summed E-state index contributed by atoms with van der Waals surface area (Å²) >= 11 is 9.68. The van der Waals surface area contributed by atoms with E-state index < -0.39 is 0 Å². The van der Waals surface area contributed by atoms with Gasteiger partial charge in [0.15, 0.2) is 0 Å². The normalized spacial score (nSPS) is 12.3. The molecule has 1 atom stereocenters. The highest BCUT2D eigenvalue weighted by atomic mass is 79.9. The van der Waals surface area contributed by atoms with Crippen LogP contribution < -0.4 is 5.32 Å². The maximum Gasteiger partial charge on any atom is 0.0638 e. The van der Waals surface area contributed by atoms with Gasteiger partial charge in [0.25, 0.3) is 0 Å². The van der Waals surface area contributed by atoms with E-state index in [0.717, 1.165) is 15.2 Å². The summed E-state index contributed by atoms with van der Waals surface area (Å²) in [6.07, 6.45) is 0. The fraction of sp³-hybridized carbons (Fsp3) is 0.250. The molecule has 0 radical (unpaired) electrons. The molecule has 3 heteroatoms. The molecule has 2 aromatic rings. The Hall–Kier alpha value is -0.990. The van der Waals surface area contributed by atoms with Gasteiger partial charge in [-0.2, -0.15) is 0 Å². The van der Waals surface area contributed by atoms with Crippen molar-refractivity contribution >= 4 is 33.2 Å². The van der Waals surface area contributed by atoms with Gasteiger partial charge in [-0.15, -0.1) is 0 Å². The molecule has 100 valence electrons. The Bertz CT molecular complexity index is 595. The minimum absolute atomic E-state index is 0.215. The monoisotopic (exact) mass is 337 g/mol. The number of halogens is 2. The first-order valence-electron chi connectivity index (χ1n) is 6.26. The van der Waals surface area contributed by atoms with Crippen molar-refractivity contribution in [2.45, 2.75) is 26.8 Å². The lowest BCUT2D eigenvalue weighted by molar-refractivity contribution is 0.873. The topological polar surface area (TPSA) is 12.0 Å². The number of hydrogen-bond donors (Lipinski definition) is 1. The summed E-state index contributed by atoms with van der Waals surface area (Å²) < 4.78 is 1.02. The Kier molecular flexibility index (Phi) is 4.54. The van der Waals surface area contributed by atoms with Gasteiger partial charge in [0.1, 0.15) is 0 Å². The third-order valence-corrected chi connectivity index (χ3v) is 4.02. The summed E-state index contributed by atoms with van der Waals surface area (Å²) in [5.41, 5.74) is 4.82. The van der Waals surface area contributed by atoms with Crippen molar-refractivity contribution in [2.24, 2.45) is 0 Å². The number of nitrogens with one attached hydrogen (secondary N) is 1. The molecule has 0 spiro atoms. The Morgan fingerprint density at radius 3 is 2.53 bits per heavy atom. The molecule has 0 aliphatic carbocycles. The van der Waals surface area contributed by atoms with Gasteiger partial charge in [-0.3, -0.25) is 0 Å². The lowest BCUT2D eigenvalue weighted by atomic mass is 10.00. The average molecular weight is 339 g/mol. The van der Waals surface area contributed by atoms with Crippen LogP contribution in [0.2, 0.25) is 5.02 Å². The largest absolute Gasteiger partial charge is 0.377 e. The van der Waals surface area contributed by atoms with Crippen LogP contribution in [0.5, 0.6) is 0 Å². The van der Waals surface area contributed by atoms with E-state index in [1.165, 1.54) is 16.7 Å². The lowest BCUT2D eigenvalue weighted by Gasteiger charge is -2.19. The number of aryl methyl sites for hydroxylation is 2. The average Bonchev–Trinajstić information content (AvgIpc) is 2.33. The molecule has 0 amide bonds. The van der Waals surface area contributed by atoms with Crippen molar-refractivity contribution in [3.05, 3.63) is 62.6 Å². The van der Waals surface area contributed by atoms with E-state index in [9.17, 15) is 0 Å². The Labute approximate surface area is 128 Å². The molecule has 2 aromatic carbocycles. The molecule has 2 rings (SSSR count). The van der Waals surface area contributed by atoms with E-state index in [0.29, 0.717) is 0 Å². The second kappa shape index (κ2) is 5.98. The van der Waals surface area contributed by atoms with Gasteiger partial charge in [-0.1, -0.05) is 51.3 Å². The van der Waals surface area contributed by atoms with Gasteiger partial charge in [0.05, 0.1) is 10.7 Å². The van der Waals surface area contributed by atoms with Crippen LogP contribution in [-0.4, -0.2) is 0 Å². The fourth-order valence-electron chi connectivity index (χ4n) is 2.23. The molecule has 1 nitrogen and oxygen atoms in total. The number of hydrogen-bond acceptors (Lipinski definition) is 1. The maximum absolute atomic E-state index is 6.21. The number of benzene rings is 2. The van der Waals surface area contributed by atoms with E-state index >= 15 is 0 Å². The van der Waals surface area contributed by atoms with Gasteiger partial charge >= 0.3 is 0 Å². The minimum Gasteiger partial charge on any atom is -0.377 e. The highest BCUT2D eigenvalue weighted by Crippen LogP contribution is 2.30. The minimum atomic E-state index is 0.215. The van der Waals surface area contributed by atoms with E-state index in [1.807, 2.05) is 18.2 Å². The van der Waals surface area contributed by atoms with Crippen LogP contribution in [0.15, 0.2) is 40.9 Å². The first kappa shape index (κ1) is 14.4. The summed E-state index contributed by atoms with van der Waals surface area (Å²) in [5.74, 6) is 0. The summed E-state index contributed by atoms with van der Waals surface area (Å²) in [4.78, 5) is 0. The van der Waals surface area contributed by atoms with E-state index in [1.54, 1.807) is 0 Å². The molecule has 0 heterocycles. The zero-order valence-corrected chi connectivity index (χ0v) is 13.6. The molecule has 0 fully saturated rings. The Morgan fingerprint density at radius 2 is 1.84 bits per heavy atom. The van der Waals surface area contributed by atoms with Crippen LogP contribution in [0, 0.1) is 13.8 Å². The fourth-order valence-corrected chi connectivity index (χ4v) is 2.76. The van der Waals surface area contributed by atoms with Crippen molar-refractivity contribution < 1.29 is 0 Å². The highest BCUT2D eigenvalue weighted by molar-refractivity contribution is 9.10. The third kappa shape index (κ3) is 3.52. The lowest BCUT2D eigenvalue weighted by Crippen LogP contribution is -2.08. The van der Waals surface area contributed by atoms with Gasteiger partial charge in [-0.25, -0.2) is 0 Å². The van der Waals surface area contributed by atoms with Gasteiger partial charge < -0.3 is 5.32 Å². The van der Waals surface area contributed by atoms with Crippen LogP contribution in [0.1, 0.15) is 29.7 Å². The first-order valence-corrected chi connectivity index (χ1v) is 7.43. The molecular weight excluding hydrogens is 322 g/mol. The van der Waals surface area contributed by atoms with Crippen molar-refractivity contribution in [3.8, 4) is 0 Å². The van der Waals surface area contributed by atoms with Crippen molar-refractivity contribution in [2.75, 3.05) is 5.32 Å². The summed E-state index contributed by atoms with van der Waals surface area (Å²) in [7, 11) is 0. The second-order valence-electron chi connectivity index (χ2n) is 4.85.